The number of benzene rings is 3. The van der Waals surface area contributed by atoms with Crippen LogP contribution in [0.15, 0.2) is 77.7 Å². The number of hydrogen-bond donors (Lipinski definition) is 0. The molecular formula is C32H38N4O4S2. The number of aromatic nitrogens is 1. The minimum absolute atomic E-state index is 0.169. The fraction of sp³-hybridized carbons (Fsp3) is 0.375. The number of aryl methyl sites for hydroxylation is 1. The lowest BCUT2D eigenvalue weighted by Crippen LogP contribution is -2.39. The van der Waals surface area contributed by atoms with Gasteiger partial charge in [0, 0.05) is 44.8 Å². The Bertz CT molecular complexity index is 1580. The van der Waals surface area contributed by atoms with Gasteiger partial charge in [-0.2, -0.15) is 4.31 Å². The SMILES string of the molecule is CCc1ccc2nc(N(CCCN3CCOCC3)C(=O)c3ccc(S(=O)(=O)N(CC)Cc4ccccc4)cc3)sc2c1. The van der Waals surface area contributed by atoms with Gasteiger partial charge in [-0.25, -0.2) is 13.4 Å². The van der Waals surface area contributed by atoms with Crippen LogP contribution in [0, 0.1) is 0 Å². The number of ether oxygens (including phenoxy) is 1. The van der Waals surface area contributed by atoms with Gasteiger partial charge < -0.3 is 4.74 Å². The summed E-state index contributed by atoms with van der Waals surface area (Å²) in [6.45, 7) is 9.20. The molecule has 3 aromatic carbocycles. The van der Waals surface area contributed by atoms with E-state index in [0.717, 1.165) is 61.5 Å². The Morgan fingerprint density at radius 2 is 1.71 bits per heavy atom. The molecule has 0 atom stereocenters. The summed E-state index contributed by atoms with van der Waals surface area (Å²) in [7, 11) is -3.73. The molecule has 0 aliphatic carbocycles. The molecule has 4 aromatic rings. The zero-order valence-electron chi connectivity index (χ0n) is 24.2. The number of rotatable bonds is 12. The second-order valence-corrected chi connectivity index (χ2v) is 13.3. The second kappa shape index (κ2) is 13.9. The Morgan fingerprint density at radius 3 is 2.40 bits per heavy atom. The lowest BCUT2D eigenvalue weighted by Gasteiger charge is -2.27. The fourth-order valence-electron chi connectivity index (χ4n) is 5.08. The van der Waals surface area contributed by atoms with Crippen molar-refractivity contribution < 1.29 is 17.9 Å². The van der Waals surface area contributed by atoms with Gasteiger partial charge >= 0.3 is 0 Å². The van der Waals surface area contributed by atoms with Gasteiger partial charge in [-0.15, -0.1) is 0 Å². The Kier molecular flexibility index (Phi) is 10.0. The summed E-state index contributed by atoms with van der Waals surface area (Å²) >= 11 is 1.52. The number of thiazole rings is 1. The van der Waals surface area contributed by atoms with E-state index in [-0.39, 0.29) is 17.3 Å². The first kappa shape index (κ1) is 30.3. The Hall–Kier alpha value is -3.15. The number of anilines is 1. The van der Waals surface area contributed by atoms with Crippen molar-refractivity contribution in [3.63, 3.8) is 0 Å². The maximum atomic E-state index is 13.9. The number of morpholine rings is 1. The third-order valence-corrected chi connectivity index (χ3v) is 10.6. The number of nitrogens with zero attached hydrogens (tertiary/aromatic N) is 4. The van der Waals surface area contributed by atoms with Crippen molar-refractivity contribution in [2.45, 2.75) is 38.1 Å². The summed E-state index contributed by atoms with van der Waals surface area (Å²) in [6, 6.07) is 22.1. The highest BCUT2D eigenvalue weighted by Crippen LogP contribution is 2.31. The van der Waals surface area contributed by atoms with Crippen LogP contribution in [-0.2, 0) is 27.7 Å². The summed E-state index contributed by atoms with van der Waals surface area (Å²) < 4.78 is 34.9. The Balaban J connectivity index is 1.37. The quantitative estimate of drug-likeness (QED) is 0.214. The third kappa shape index (κ3) is 7.07. The standard InChI is InChI=1S/C32H38N4O4S2/c1-3-25-11-16-29-30(23-25)41-32(33-29)36(18-8-17-34-19-21-40-22-20-34)31(37)27-12-14-28(15-13-27)42(38,39)35(4-2)24-26-9-6-5-7-10-26/h5-7,9-16,23H,3-4,8,17-22,24H2,1-2H3. The number of hydrogen-bond acceptors (Lipinski definition) is 7. The fourth-order valence-corrected chi connectivity index (χ4v) is 7.57. The van der Waals surface area contributed by atoms with Crippen LogP contribution in [0.1, 0.15) is 41.8 Å². The van der Waals surface area contributed by atoms with Crippen molar-refractivity contribution in [2.24, 2.45) is 0 Å². The van der Waals surface area contributed by atoms with Gasteiger partial charge in [0.15, 0.2) is 5.13 Å². The topological polar surface area (TPSA) is 83.0 Å². The molecule has 0 N–H and O–H groups in total. The first-order valence-corrected chi connectivity index (χ1v) is 16.8. The van der Waals surface area contributed by atoms with E-state index in [1.165, 1.54) is 33.3 Å². The van der Waals surface area contributed by atoms with Crippen LogP contribution in [0.3, 0.4) is 0 Å². The maximum Gasteiger partial charge on any atom is 0.260 e. The predicted octanol–water partition coefficient (Wildman–Crippen LogP) is 5.44. The highest BCUT2D eigenvalue weighted by atomic mass is 32.2. The van der Waals surface area contributed by atoms with Crippen LogP contribution < -0.4 is 4.90 Å². The first-order chi connectivity index (χ1) is 20.4. The molecule has 0 radical (unpaired) electrons. The number of carbonyl (C=O) groups excluding carboxylic acids is 1. The molecule has 1 aliphatic heterocycles. The first-order valence-electron chi connectivity index (χ1n) is 14.5. The van der Waals surface area contributed by atoms with Gasteiger partial charge in [0.05, 0.1) is 28.3 Å². The van der Waals surface area contributed by atoms with Crippen LogP contribution in [-0.4, -0.2) is 74.5 Å². The number of carbonyl (C=O) groups is 1. The van der Waals surface area contributed by atoms with Gasteiger partial charge in [-0.1, -0.05) is 61.6 Å². The maximum absolute atomic E-state index is 13.9. The Labute approximate surface area is 252 Å². The molecule has 0 saturated carbocycles. The zero-order valence-corrected chi connectivity index (χ0v) is 25.9. The molecule has 1 amide bonds. The normalized spacial score (nSPS) is 14.5. The molecule has 1 fully saturated rings. The molecule has 5 rings (SSSR count). The van der Waals surface area contributed by atoms with Crippen molar-refractivity contribution in [1.82, 2.24) is 14.2 Å². The van der Waals surface area contributed by atoms with Crippen LogP contribution >= 0.6 is 11.3 Å². The highest BCUT2D eigenvalue weighted by molar-refractivity contribution is 7.89. The highest BCUT2D eigenvalue weighted by Gasteiger charge is 2.26. The van der Waals surface area contributed by atoms with Crippen molar-refractivity contribution in [3.8, 4) is 0 Å². The van der Waals surface area contributed by atoms with Gasteiger partial charge in [-0.3, -0.25) is 14.6 Å². The van der Waals surface area contributed by atoms with Gasteiger partial charge in [0.2, 0.25) is 10.0 Å². The van der Waals surface area contributed by atoms with E-state index in [9.17, 15) is 13.2 Å². The number of fused-ring (bicyclic) bond motifs is 1. The van der Waals surface area contributed by atoms with E-state index < -0.39 is 10.0 Å². The average Bonchev–Trinajstić information content (AvgIpc) is 3.45. The smallest absolute Gasteiger partial charge is 0.260 e. The molecule has 0 unspecified atom stereocenters. The van der Waals surface area contributed by atoms with Crippen molar-refractivity contribution in [3.05, 3.63) is 89.5 Å². The average molecular weight is 607 g/mol. The molecule has 8 nitrogen and oxygen atoms in total. The lowest BCUT2D eigenvalue weighted by atomic mass is 10.2. The molecule has 0 bridgehead atoms. The van der Waals surface area contributed by atoms with Crippen molar-refractivity contribution in [2.75, 3.05) is 50.8 Å². The van der Waals surface area contributed by atoms with Crippen molar-refractivity contribution >= 4 is 42.6 Å². The van der Waals surface area contributed by atoms with Crippen LogP contribution in [0.25, 0.3) is 10.2 Å². The summed E-state index contributed by atoms with van der Waals surface area (Å²) in [5.41, 5.74) is 3.45. The van der Waals surface area contributed by atoms with Gasteiger partial charge in [0.1, 0.15) is 0 Å². The van der Waals surface area contributed by atoms with Gasteiger partial charge in [0.25, 0.3) is 5.91 Å². The molecule has 1 aliphatic rings. The predicted molar refractivity (Wildman–Crippen MR) is 169 cm³/mol. The summed E-state index contributed by atoms with van der Waals surface area (Å²) in [4.78, 5) is 23.0. The van der Waals surface area contributed by atoms with Crippen LogP contribution in [0.4, 0.5) is 5.13 Å². The minimum atomic E-state index is -3.73. The van der Waals surface area contributed by atoms with E-state index in [1.807, 2.05) is 43.3 Å². The Morgan fingerprint density at radius 1 is 0.976 bits per heavy atom. The van der Waals surface area contributed by atoms with Crippen LogP contribution in [0.2, 0.25) is 0 Å². The minimum Gasteiger partial charge on any atom is -0.379 e. The second-order valence-electron chi connectivity index (χ2n) is 10.4. The van der Waals surface area contributed by atoms with E-state index in [2.05, 4.69) is 24.0 Å². The molecule has 0 spiro atoms. The number of sulfonamides is 1. The van der Waals surface area contributed by atoms with Crippen LogP contribution in [0.5, 0.6) is 0 Å². The summed E-state index contributed by atoms with van der Waals surface area (Å²) in [5, 5.41) is 0.655. The molecule has 10 heteroatoms. The lowest BCUT2D eigenvalue weighted by molar-refractivity contribution is 0.0376. The molecule has 1 aromatic heterocycles. The number of amides is 1. The van der Waals surface area contributed by atoms with E-state index >= 15 is 0 Å². The van der Waals surface area contributed by atoms with Gasteiger partial charge in [-0.05, 0) is 60.4 Å². The van der Waals surface area contributed by atoms with E-state index in [4.69, 9.17) is 9.72 Å². The monoisotopic (exact) mass is 606 g/mol. The molecule has 222 valence electrons. The molecular weight excluding hydrogens is 569 g/mol. The van der Waals surface area contributed by atoms with E-state index in [1.54, 1.807) is 17.0 Å². The van der Waals surface area contributed by atoms with Crippen molar-refractivity contribution in [1.29, 1.82) is 0 Å². The molecule has 1 saturated heterocycles. The van der Waals surface area contributed by atoms with E-state index in [0.29, 0.717) is 23.8 Å². The third-order valence-electron chi connectivity index (χ3n) is 7.58. The summed E-state index contributed by atoms with van der Waals surface area (Å²) in [6.07, 6.45) is 1.72. The zero-order chi connectivity index (χ0) is 29.5. The largest absolute Gasteiger partial charge is 0.379 e. The molecule has 42 heavy (non-hydrogen) atoms. The summed E-state index contributed by atoms with van der Waals surface area (Å²) in [5.74, 6) is -0.188. The molecule has 2 heterocycles.